The number of amides is 1. The maximum absolute atomic E-state index is 13.5. The summed E-state index contributed by atoms with van der Waals surface area (Å²) in [6, 6.07) is -0.147. The first-order valence-corrected chi connectivity index (χ1v) is 6.55. The van der Waals surface area contributed by atoms with Gasteiger partial charge in [-0.05, 0) is 18.8 Å². The molecular weight excluding hydrogens is 274 g/mol. The molecule has 1 amide bonds. The Morgan fingerprint density at radius 2 is 1.65 bits per heavy atom. The lowest BCUT2D eigenvalue weighted by molar-refractivity contribution is 0.0899. The summed E-state index contributed by atoms with van der Waals surface area (Å²) in [7, 11) is 0. The van der Waals surface area contributed by atoms with Crippen LogP contribution in [-0.4, -0.2) is 11.9 Å². The molecule has 1 aliphatic carbocycles. The summed E-state index contributed by atoms with van der Waals surface area (Å²) in [4.78, 5) is 11.9. The van der Waals surface area contributed by atoms with Crippen molar-refractivity contribution in [2.75, 3.05) is 0 Å². The van der Waals surface area contributed by atoms with E-state index in [2.05, 4.69) is 5.32 Å². The van der Waals surface area contributed by atoms with Gasteiger partial charge in [-0.1, -0.05) is 19.8 Å². The first-order valence-electron chi connectivity index (χ1n) is 6.55. The number of halogens is 4. The van der Waals surface area contributed by atoms with E-state index in [0.29, 0.717) is 6.42 Å². The Morgan fingerprint density at radius 3 is 2.20 bits per heavy atom. The zero-order valence-corrected chi connectivity index (χ0v) is 11.0. The summed E-state index contributed by atoms with van der Waals surface area (Å²) in [5.41, 5.74) is -1.19. The number of rotatable bonds is 2. The Hall–Kier alpha value is -1.59. The third-order valence-electron chi connectivity index (χ3n) is 3.77. The van der Waals surface area contributed by atoms with Gasteiger partial charge in [0.15, 0.2) is 23.3 Å². The summed E-state index contributed by atoms with van der Waals surface area (Å²) < 4.78 is 53.2. The zero-order chi connectivity index (χ0) is 14.9. The van der Waals surface area contributed by atoms with Crippen molar-refractivity contribution in [1.82, 2.24) is 5.32 Å². The molecule has 110 valence electrons. The molecule has 0 radical (unpaired) electrons. The van der Waals surface area contributed by atoms with E-state index < -0.39 is 34.7 Å². The average Bonchev–Trinajstić information content (AvgIpc) is 2.39. The SMILES string of the molecule is CC1CCCCC1NC(=O)c1c(F)c(F)cc(F)c1F. The van der Waals surface area contributed by atoms with Gasteiger partial charge in [0.05, 0.1) is 0 Å². The van der Waals surface area contributed by atoms with Crippen LogP contribution in [0.3, 0.4) is 0 Å². The van der Waals surface area contributed by atoms with Gasteiger partial charge >= 0.3 is 0 Å². The molecule has 20 heavy (non-hydrogen) atoms. The standard InChI is InChI=1S/C14H15F4NO/c1-7-4-2-3-5-10(7)19-14(20)11-12(17)8(15)6-9(16)13(11)18/h6-7,10H,2-5H2,1H3,(H,19,20). The fourth-order valence-electron chi connectivity index (χ4n) is 2.54. The number of hydrogen-bond donors (Lipinski definition) is 1. The maximum Gasteiger partial charge on any atom is 0.257 e. The molecule has 2 rings (SSSR count). The van der Waals surface area contributed by atoms with Crippen LogP contribution in [0.15, 0.2) is 6.07 Å². The van der Waals surface area contributed by atoms with Gasteiger partial charge in [-0.3, -0.25) is 4.79 Å². The summed E-state index contributed by atoms with van der Waals surface area (Å²) >= 11 is 0. The van der Waals surface area contributed by atoms with E-state index in [1.54, 1.807) is 0 Å². The van der Waals surface area contributed by atoms with Crippen LogP contribution in [-0.2, 0) is 0 Å². The van der Waals surface area contributed by atoms with Crippen molar-refractivity contribution < 1.29 is 22.4 Å². The monoisotopic (exact) mass is 289 g/mol. The normalized spacial score (nSPS) is 22.6. The lowest BCUT2D eigenvalue weighted by atomic mass is 9.86. The van der Waals surface area contributed by atoms with E-state index in [1.807, 2.05) is 6.92 Å². The molecule has 2 nitrogen and oxygen atoms in total. The number of nitrogens with one attached hydrogen (secondary N) is 1. The van der Waals surface area contributed by atoms with Crippen LogP contribution in [0.4, 0.5) is 17.6 Å². The van der Waals surface area contributed by atoms with Crippen molar-refractivity contribution in [3.8, 4) is 0 Å². The zero-order valence-electron chi connectivity index (χ0n) is 11.0. The summed E-state index contributed by atoms with van der Waals surface area (Å²) in [6.07, 6.45) is 3.52. The van der Waals surface area contributed by atoms with Crippen molar-refractivity contribution in [1.29, 1.82) is 0 Å². The van der Waals surface area contributed by atoms with Crippen LogP contribution in [0, 0.1) is 29.2 Å². The molecule has 0 spiro atoms. The molecule has 2 unspecified atom stereocenters. The van der Waals surface area contributed by atoms with Crippen LogP contribution >= 0.6 is 0 Å². The van der Waals surface area contributed by atoms with Gasteiger partial charge in [-0.2, -0.15) is 0 Å². The van der Waals surface area contributed by atoms with E-state index in [9.17, 15) is 22.4 Å². The van der Waals surface area contributed by atoms with E-state index in [0.717, 1.165) is 19.3 Å². The Morgan fingerprint density at radius 1 is 1.10 bits per heavy atom. The van der Waals surface area contributed by atoms with Crippen LogP contribution in [0.25, 0.3) is 0 Å². The Kier molecular flexibility index (Phi) is 4.30. The molecule has 0 aliphatic heterocycles. The molecule has 1 N–H and O–H groups in total. The fraction of sp³-hybridized carbons (Fsp3) is 0.500. The van der Waals surface area contributed by atoms with Crippen molar-refractivity contribution in [2.45, 2.75) is 38.6 Å². The Balaban J connectivity index is 2.25. The smallest absolute Gasteiger partial charge is 0.257 e. The van der Waals surface area contributed by atoms with Gasteiger partial charge in [0.25, 0.3) is 5.91 Å². The highest BCUT2D eigenvalue weighted by atomic mass is 19.2. The minimum Gasteiger partial charge on any atom is -0.349 e. The van der Waals surface area contributed by atoms with Gasteiger partial charge in [0.1, 0.15) is 5.56 Å². The maximum atomic E-state index is 13.5. The van der Waals surface area contributed by atoms with Gasteiger partial charge in [-0.25, -0.2) is 17.6 Å². The van der Waals surface area contributed by atoms with Gasteiger partial charge in [0.2, 0.25) is 0 Å². The van der Waals surface area contributed by atoms with Crippen LogP contribution < -0.4 is 5.32 Å². The molecule has 1 saturated carbocycles. The third kappa shape index (κ3) is 2.78. The minimum absolute atomic E-state index is 0.0880. The van der Waals surface area contributed by atoms with Crippen LogP contribution in [0.5, 0.6) is 0 Å². The third-order valence-corrected chi connectivity index (χ3v) is 3.77. The van der Waals surface area contributed by atoms with Gasteiger partial charge in [-0.15, -0.1) is 0 Å². The minimum atomic E-state index is -1.66. The van der Waals surface area contributed by atoms with Crippen LogP contribution in [0.2, 0.25) is 0 Å². The first kappa shape index (κ1) is 14.8. The van der Waals surface area contributed by atoms with E-state index >= 15 is 0 Å². The number of carbonyl (C=O) groups excluding carboxylic acids is 1. The predicted octanol–water partition coefficient (Wildman–Crippen LogP) is 3.55. The quantitative estimate of drug-likeness (QED) is 0.654. The van der Waals surface area contributed by atoms with Crippen LogP contribution in [0.1, 0.15) is 43.0 Å². The van der Waals surface area contributed by atoms with Crippen molar-refractivity contribution in [2.24, 2.45) is 5.92 Å². The molecule has 6 heteroatoms. The fourth-order valence-corrected chi connectivity index (χ4v) is 2.54. The number of benzene rings is 1. The molecule has 1 aromatic carbocycles. The second-order valence-corrected chi connectivity index (χ2v) is 5.18. The number of hydrogen-bond acceptors (Lipinski definition) is 1. The summed E-state index contributed by atoms with van der Waals surface area (Å²) in [5, 5.41) is 2.47. The lowest BCUT2D eigenvalue weighted by Gasteiger charge is -2.29. The highest BCUT2D eigenvalue weighted by Crippen LogP contribution is 2.25. The Bertz CT molecular complexity index is 506. The van der Waals surface area contributed by atoms with E-state index in [-0.39, 0.29) is 18.0 Å². The average molecular weight is 289 g/mol. The van der Waals surface area contributed by atoms with Gasteiger partial charge in [0, 0.05) is 12.1 Å². The number of carbonyl (C=O) groups is 1. The topological polar surface area (TPSA) is 29.1 Å². The largest absolute Gasteiger partial charge is 0.349 e. The van der Waals surface area contributed by atoms with E-state index in [4.69, 9.17) is 0 Å². The molecular formula is C14H15F4NO. The molecule has 0 aromatic heterocycles. The van der Waals surface area contributed by atoms with Crippen molar-refractivity contribution >= 4 is 5.91 Å². The second-order valence-electron chi connectivity index (χ2n) is 5.18. The summed E-state index contributed by atoms with van der Waals surface area (Å²) in [6.45, 7) is 1.92. The first-order chi connectivity index (χ1) is 9.41. The highest BCUT2D eigenvalue weighted by Gasteiger charge is 2.28. The molecule has 2 atom stereocenters. The Labute approximate surface area is 114 Å². The van der Waals surface area contributed by atoms with E-state index in [1.165, 1.54) is 0 Å². The molecule has 0 bridgehead atoms. The van der Waals surface area contributed by atoms with Gasteiger partial charge < -0.3 is 5.32 Å². The summed E-state index contributed by atoms with van der Waals surface area (Å²) in [5.74, 6) is -7.43. The molecule has 1 fully saturated rings. The molecule has 1 aromatic rings. The van der Waals surface area contributed by atoms with Crippen molar-refractivity contribution in [3.05, 3.63) is 34.9 Å². The molecule has 0 saturated heterocycles. The molecule has 1 aliphatic rings. The molecule has 0 heterocycles. The second kappa shape index (κ2) is 5.81. The predicted molar refractivity (Wildman–Crippen MR) is 65.2 cm³/mol. The van der Waals surface area contributed by atoms with Crippen molar-refractivity contribution in [3.63, 3.8) is 0 Å². The highest BCUT2D eigenvalue weighted by molar-refractivity contribution is 5.95. The lowest BCUT2D eigenvalue weighted by Crippen LogP contribution is -2.41.